The average Bonchev–Trinajstić information content (AvgIpc) is 3.42. The number of amides is 1. The van der Waals surface area contributed by atoms with E-state index in [1.165, 1.54) is 21.3 Å². The van der Waals surface area contributed by atoms with Crippen LogP contribution in [0.3, 0.4) is 0 Å². The number of H-pyrrole nitrogens is 1. The van der Waals surface area contributed by atoms with Gasteiger partial charge in [0.2, 0.25) is 5.75 Å². The van der Waals surface area contributed by atoms with E-state index < -0.39 is 18.1 Å². The number of para-hydroxylation sites is 1. The molecule has 208 valence electrons. The van der Waals surface area contributed by atoms with E-state index >= 15 is 0 Å². The molecular weight excluding hydrogens is 510 g/mol. The van der Waals surface area contributed by atoms with E-state index in [1.54, 1.807) is 24.3 Å². The van der Waals surface area contributed by atoms with Gasteiger partial charge in [0.1, 0.15) is 12.0 Å². The van der Waals surface area contributed by atoms with Gasteiger partial charge < -0.3 is 34.4 Å². The molecule has 1 aromatic heterocycles. The van der Waals surface area contributed by atoms with Crippen molar-refractivity contribution in [3.05, 3.63) is 71.9 Å². The molecule has 4 aromatic rings. The third-order valence-electron chi connectivity index (χ3n) is 6.78. The van der Waals surface area contributed by atoms with E-state index in [-0.39, 0.29) is 12.2 Å². The molecule has 1 unspecified atom stereocenters. The van der Waals surface area contributed by atoms with Gasteiger partial charge in [0.25, 0.3) is 5.91 Å². The van der Waals surface area contributed by atoms with Crippen LogP contribution in [0.1, 0.15) is 41.6 Å². The zero-order chi connectivity index (χ0) is 28.6. The van der Waals surface area contributed by atoms with Crippen molar-refractivity contribution in [3.63, 3.8) is 0 Å². The van der Waals surface area contributed by atoms with Gasteiger partial charge in [0, 0.05) is 29.4 Å². The SMILES string of the molecule is COc1cc(-c2ccc(OCCCC#N)c(C(=O)N[C@H](O)C(C)c3c[nH]c4ccccc34)c2)cc(OC)c1OC. The monoisotopic (exact) mass is 543 g/mol. The molecule has 9 nitrogen and oxygen atoms in total. The zero-order valence-electron chi connectivity index (χ0n) is 23.0. The normalized spacial score (nSPS) is 12.3. The van der Waals surface area contributed by atoms with Crippen molar-refractivity contribution in [1.82, 2.24) is 10.3 Å². The molecule has 1 heterocycles. The average molecular weight is 544 g/mol. The number of benzene rings is 3. The van der Waals surface area contributed by atoms with Crippen molar-refractivity contribution in [2.24, 2.45) is 0 Å². The number of hydrogen-bond donors (Lipinski definition) is 3. The van der Waals surface area contributed by atoms with E-state index in [2.05, 4.69) is 16.4 Å². The fraction of sp³-hybridized carbons (Fsp3) is 0.290. The number of carbonyl (C=O) groups excluding carboxylic acids is 1. The number of unbranched alkanes of at least 4 members (excludes halogenated alkanes) is 1. The minimum atomic E-state index is -1.16. The molecular formula is C31H33N3O6. The lowest BCUT2D eigenvalue weighted by atomic mass is 9.98. The highest BCUT2D eigenvalue weighted by Gasteiger charge is 2.24. The summed E-state index contributed by atoms with van der Waals surface area (Å²) >= 11 is 0. The summed E-state index contributed by atoms with van der Waals surface area (Å²) in [5.41, 5.74) is 3.52. The maximum atomic E-state index is 13.6. The number of aromatic amines is 1. The molecule has 4 rings (SSSR count). The van der Waals surface area contributed by atoms with Gasteiger partial charge in [-0.15, -0.1) is 0 Å². The van der Waals surface area contributed by atoms with Gasteiger partial charge in [0.05, 0.1) is 39.6 Å². The highest BCUT2D eigenvalue weighted by molar-refractivity contribution is 5.98. The predicted molar refractivity (Wildman–Crippen MR) is 152 cm³/mol. The maximum Gasteiger partial charge on any atom is 0.257 e. The molecule has 0 saturated heterocycles. The summed E-state index contributed by atoms with van der Waals surface area (Å²) in [7, 11) is 4.60. The van der Waals surface area contributed by atoms with Crippen LogP contribution >= 0.6 is 0 Å². The molecule has 3 N–H and O–H groups in total. The van der Waals surface area contributed by atoms with Crippen molar-refractivity contribution in [3.8, 4) is 40.2 Å². The molecule has 0 aliphatic carbocycles. The van der Waals surface area contributed by atoms with Crippen molar-refractivity contribution in [1.29, 1.82) is 5.26 Å². The number of rotatable bonds is 12. The first-order valence-electron chi connectivity index (χ1n) is 12.9. The van der Waals surface area contributed by atoms with Crippen molar-refractivity contribution >= 4 is 16.8 Å². The number of ether oxygens (including phenoxy) is 4. The van der Waals surface area contributed by atoms with Gasteiger partial charge in [-0.1, -0.05) is 31.2 Å². The van der Waals surface area contributed by atoms with Crippen LogP contribution in [0.25, 0.3) is 22.0 Å². The molecule has 3 aromatic carbocycles. The number of methoxy groups -OCH3 is 3. The summed E-state index contributed by atoms with van der Waals surface area (Å²) < 4.78 is 22.3. The lowest BCUT2D eigenvalue weighted by molar-refractivity contribution is 0.0724. The number of nitriles is 1. The van der Waals surface area contributed by atoms with Crippen LogP contribution in [-0.2, 0) is 0 Å². The fourth-order valence-electron chi connectivity index (χ4n) is 4.57. The van der Waals surface area contributed by atoms with Crippen LogP contribution in [0.5, 0.6) is 23.0 Å². The summed E-state index contributed by atoms with van der Waals surface area (Å²) in [5, 5.41) is 23.6. The van der Waals surface area contributed by atoms with Crippen molar-refractivity contribution in [2.75, 3.05) is 27.9 Å². The van der Waals surface area contributed by atoms with Crippen LogP contribution in [-0.4, -0.2) is 50.2 Å². The van der Waals surface area contributed by atoms with E-state index in [1.807, 2.05) is 43.5 Å². The molecule has 0 bridgehead atoms. The minimum absolute atomic E-state index is 0.244. The lowest BCUT2D eigenvalue weighted by Gasteiger charge is -2.21. The van der Waals surface area contributed by atoms with E-state index in [9.17, 15) is 9.90 Å². The Hall–Kier alpha value is -4.68. The topological polar surface area (TPSA) is 126 Å². The molecule has 1 amide bonds. The van der Waals surface area contributed by atoms with E-state index in [4.69, 9.17) is 24.2 Å². The third kappa shape index (κ3) is 5.98. The summed E-state index contributed by atoms with van der Waals surface area (Å²) in [6.45, 7) is 2.12. The summed E-state index contributed by atoms with van der Waals surface area (Å²) in [6, 6.07) is 18.7. The summed E-state index contributed by atoms with van der Waals surface area (Å²) in [4.78, 5) is 16.8. The number of aromatic nitrogens is 1. The van der Waals surface area contributed by atoms with Gasteiger partial charge in [-0.25, -0.2) is 0 Å². The molecule has 2 atom stereocenters. The molecule has 0 spiro atoms. The summed E-state index contributed by atoms with van der Waals surface area (Å²) in [5.74, 6) is 0.865. The van der Waals surface area contributed by atoms with Crippen molar-refractivity contribution < 1.29 is 28.8 Å². The quantitative estimate of drug-likeness (QED) is 0.161. The Balaban J connectivity index is 1.66. The highest BCUT2D eigenvalue weighted by Crippen LogP contribution is 2.42. The van der Waals surface area contributed by atoms with E-state index in [0.717, 1.165) is 22.0 Å². The lowest BCUT2D eigenvalue weighted by Crippen LogP contribution is -2.38. The number of hydrogen-bond acceptors (Lipinski definition) is 7. The molecule has 0 aliphatic rings. The molecule has 0 radical (unpaired) electrons. The second kappa shape index (κ2) is 12.9. The molecule has 0 saturated carbocycles. The first kappa shape index (κ1) is 28.3. The predicted octanol–water partition coefficient (Wildman–Crippen LogP) is 5.40. The van der Waals surface area contributed by atoms with Gasteiger partial charge >= 0.3 is 0 Å². The third-order valence-corrected chi connectivity index (χ3v) is 6.78. The molecule has 0 aliphatic heterocycles. The minimum Gasteiger partial charge on any atom is -0.493 e. The Kier molecular flexibility index (Phi) is 9.15. The smallest absolute Gasteiger partial charge is 0.257 e. The van der Waals surface area contributed by atoms with Crippen molar-refractivity contribution in [2.45, 2.75) is 31.9 Å². The number of carbonyl (C=O) groups is 1. The largest absolute Gasteiger partial charge is 0.493 e. The van der Waals surface area contributed by atoms with Crippen LogP contribution in [0, 0.1) is 11.3 Å². The van der Waals surface area contributed by atoms with Gasteiger partial charge in [-0.3, -0.25) is 4.79 Å². The number of nitrogens with one attached hydrogen (secondary N) is 2. The first-order chi connectivity index (χ1) is 19.4. The molecule has 40 heavy (non-hydrogen) atoms. The molecule has 0 fully saturated rings. The second-order valence-corrected chi connectivity index (χ2v) is 9.23. The highest BCUT2D eigenvalue weighted by atomic mass is 16.5. The van der Waals surface area contributed by atoms with Crippen LogP contribution < -0.4 is 24.3 Å². The Morgan fingerprint density at radius 3 is 2.40 bits per heavy atom. The van der Waals surface area contributed by atoms with Gasteiger partial charge in [0.15, 0.2) is 11.5 Å². The molecule has 9 heteroatoms. The van der Waals surface area contributed by atoms with Gasteiger partial charge in [-0.05, 0) is 53.4 Å². The Morgan fingerprint density at radius 2 is 1.73 bits per heavy atom. The van der Waals surface area contributed by atoms with Crippen LogP contribution in [0.15, 0.2) is 60.8 Å². The second-order valence-electron chi connectivity index (χ2n) is 9.23. The van der Waals surface area contributed by atoms with E-state index in [0.29, 0.717) is 41.4 Å². The number of aliphatic hydroxyl groups is 1. The summed E-state index contributed by atoms with van der Waals surface area (Å²) in [6.07, 6.45) is 1.54. The Morgan fingerprint density at radius 1 is 1.00 bits per heavy atom. The maximum absolute atomic E-state index is 13.6. The Labute approximate surface area is 233 Å². The Bertz CT molecular complexity index is 1500. The number of fused-ring (bicyclic) bond motifs is 1. The van der Waals surface area contributed by atoms with Crippen LogP contribution in [0.4, 0.5) is 0 Å². The zero-order valence-corrected chi connectivity index (χ0v) is 23.0. The first-order valence-corrected chi connectivity index (χ1v) is 12.9. The van der Waals surface area contributed by atoms with Crippen LogP contribution in [0.2, 0.25) is 0 Å². The van der Waals surface area contributed by atoms with Gasteiger partial charge in [-0.2, -0.15) is 5.26 Å². The number of aliphatic hydroxyl groups excluding tert-OH is 1. The standard InChI is InChI=1S/C31H33N3O6/c1-19(24-18-33-25-10-6-5-9-22(24)25)30(35)34-31(36)23-15-20(11-12-26(23)40-14-8-7-13-32)21-16-27(37-2)29(39-4)28(17-21)38-3/h5-6,9-12,15-19,30,33,35H,7-8,14H2,1-4H3,(H,34,36)/t19?,30-/m1/s1. The fourth-order valence-corrected chi connectivity index (χ4v) is 4.57. The number of nitrogens with zero attached hydrogens (tertiary/aromatic N) is 1.